The Balaban J connectivity index is 1.74. The monoisotopic (exact) mass is 332 g/mol. The third-order valence-electron chi connectivity index (χ3n) is 3.64. The molecule has 0 aliphatic carbocycles. The molecule has 1 aromatic rings. The minimum absolute atomic E-state index is 0.196. The molecule has 1 fully saturated rings. The number of carbonyl (C=O) groups is 1. The summed E-state index contributed by atoms with van der Waals surface area (Å²) in [6.45, 7) is 9.66. The van der Waals surface area contributed by atoms with Crippen molar-refractivity contribution in [2.45, 2.75) is 45.9 Å². The Morgan fingerprint density at radius 2 is 2.08 bits per heavy atom. The van der Waals surface area contributed by atoms with Gasteiger partial charge in [-0.05, 0) is 33.3 Å². The zero-order valence-corrected chi connectivity index (χ0v) is 15.2. The van der Waals surface area contributed by atoms with Crippen LogP contribution in [-0.2, 0) is 11.3 Å². The van der Waals surface area contributed by atoms with Gasteiger partial charge in [0.05, 0.1) is 6.04 Å². The summed E-state index contributed by atoms with van der Waals surface area (Å²) in [5, 5.41) is 6.62. The third-order valence-corrected chi connectivity index (χ3v) is 3.64. The van der Waals surface area contributed by atoms with Gasteiger partial charge in [0.15, 0.2) is 5.96 Å². The summed E-state index contributed by atoms with van der Waals surface area (Å²) < 4.78 is 5.35. The van der Waals surface area contributed by atoms with Crippen LogP contribution in [0.4, 0.5) is 4.79 Å². The van der Waals surface area contributed by atoms with Crippen LogP contribution >= 0.6 is 0 Å². The summed E-state index contributed by atoms with van der Waals surface area (Å²) >= 11 is 0. The van der Waals surface area contributed by atoms with Gasteiger partial charge in [-0.25, -0.2) is 4.79 Å². The lowest BCUT2D eigenvalue weighted by atomic mass is 10.1. The number of hydrogen-bond acceptors (Lipinski definition) is 3. The van der Waals surface area contributed by atoms with Crippen LogP contribution in [0.2, 0.25) is 0 Å². The summed E-state index contributed by atoms with van der Waals surface area (Å²) in [4.78, 5) is 17.8. The van der Waals surface area contributed by atoms with Gasteiger partial charge in [0.2, 0.25) is 0 Å². The average Bonchev–Trinajstić information content (AvgIpc) is 2.43. The second-order valence-electron chi connectivity index (χ2n) is 7.14. The number of carbonyl (C=O) groups excluding carboxylic acids is 1. The van der Waals surface area contributed by atoms with Crippen LogP contribution in [0.15, 0.2) is 29.3 Å². The molecule has 0 aromatic heterocycles. The van der Waals surface area contributed by atoms with Crippen LogP contribution in [0.3, 0.4) is 0 Å². The normalized spacial score (nSPS) is 15.7. The van der Waals surface area contributed by atoms with E-state index in [1.54, 1.807) is 11.9 Å². The molecule has 0 radical (unpaired) electrons. The van der Waals surface area contributed by atoms with Gasteiger partial charge >= 0.3 is 6.09 Å². The molecule has 0 spiro atoms. The van der Waals surface area contributed by atoms with Crippen LogP contribution in [0.25, 0.3) is 0 Å². The van der Waals surface area contributed by atoms with Crippen LogP contribution in [0.5, 0.6) is 0 Å². The summed E-state index contributed by atoms with van der Waals surface area (Å²) in [5.74, 6) is 0.741. The maximum atomic E-state index is 11.9. The number of ether oxygens (including phenoxy) is 1. The Hall–Kier alpha value is -2.24. The van der Waals surface area contributed by atoms with Gasteiger partial charge in [-0.15, -0.1) is 0 Å². The van der Waals surface area contributed by atoms with Gasteiger partial charge in [-0.2, -0.15) is 0 Å². The molecule has 1 aromatic carbocycles. The van der Waals surface area contributed by atoms with Crippen LogP contribution in [0, 0.1) is 6.92 Å². The highest BCUT2D eigenvalue weighted by molar-refractivity contribution is 5.80. The number of amides is 1. The number of aryl methyl sites for hydroxylation is 1. The minimum Gasteiger partial charge on any atom is -0.444 e. The molecule has 6 heteroatoms. The van der Waals surface area contributed by atoms with Crippen molar-refractivity contribution in [2.24, 2.45) is 4.99 Å². The Morgan fingerprint density at radius 1 is 1.38 bits per heavy atom. The van der Waals surface area contributed by atoms with Gasteiger partial charge in [-0.1, -0.05) is 29.8 Å². The van der Waals surface area contributed by atoms with Gasteiger partial charge in [0.1, 0.15) is 5.60 Å². The predicted molar refractivity (Wildman–Crippen MR) is 96.1 cm³/mol. The van der Waals surface area contributed by atoms with E-state index in [1.807, 2.05) is 26.8 Å². The fourth-order valence-corrected chi connectivity index (χ4v) is 2.44. The Kier molecular flexibility index (Phi) is 5.70. The standard InChI is InChI=1S/C18H28N4O2/c1-13-7-6-8-14(9-13)10-20-16(19-5)21-15-11-22(12-15)17(23)24-18(2,3)4/h6-9,15H,10-12H2,1-5H3,(H2,19,20,21). The SMILES string of the molecule is CN=C(NCc1cccc(C)c1)NC1CN(C(=O)OC(C)(C)C)C1. The zero-order chi connectivity index (χ0) is 17.7. The van der Waals surface area contributed by atoms with Crippen molar-refractivity contribution in [2.75, 3.05) is 20.1 Å². The van der Waals surface area contributed by atoms with Gasteiger partial charge in [0, 0.05) is 26.7 Å². The highest BCUT2D eigenvalue weighted by Gasteiger charge is 2.34. The molecule has 1 saturated heterocycles. The third kappa shape index (κ3) is 5.44. The van der Waals surface area contributed by atoms with Gasteiger partial charge in [-0.3, -0.25) is 4.99 Å². The molecule has 1 aliphatic rings. The van der Waals surface area contributed by atoms with E-state index in [9.17, 15) is 4.79 Å². The first-order chi connectivity index (χ1) is 11.3. The summed E-state index contributed by atoms with van der Waals surface area (Å²) in [7, 11) is 1.75. The number of rotatable bonds is 3. The molecule has 6 nitrogen and oxygen atoms in total. The van der Waals surface area contributed by atoms with Crippen molar-refractivity contribution in [1.82, 2.24) is 15.5 Å². The first-order valence-corrected chi connectivity index (χ1v) is 8.27. The zero-order valence-electron chi connectivity index (χ0n) is 15.2. The second kappa shape index (κ2) is 7.55. The fraction of sp³-hybridized carbons (Fsp3) is 0.556. The smallest absolute Gasteiger partial charge is 0.410 e. The maximum Gasteiger partial charge on any atom is 0.410 e. The molecule has 0 unspecified atom stereocenters. The van der Waals surface area contributed by atoms with Crippen molar-refractivity contribution < 1.29 is 9.53 Å². The first-order valence-electron chi connectivity index (χ1n) is 8.27. The molecule has 1 heterocycles. The Morgan fingerprint density at radius 3 is 2.67 bits per heavy atom. The lowest BCUT2D eigenvalue weighted by Crippen LogP contribution is -2.63. The van der Waals surface area contributed by atoms with Crippen LogP contribution < -0.4 is 10.6 Å². The maximum absolute atomic E-state index is 11.9. The second-order valence-corrected chi connectivity index (χ2v) is 7.14. The topological polar surface area (TPSA) is 66.0 Å². The molecule has 1 aliphatic heterocycles. The van der Waals surface area contributed by atoms with E-state index in [-0.39, 0.29) is 12.1 Å². The van der Waals surface area contributed by atoms with E-state index in [0.717, 1.165) is 5.96 Å². The lowest BCUT2D eigenvalue weighted by molar-refractivity contribution is 0.00701. The average molecular weight is 332 g/mol. The van der Waals surface area contributed by atoms with Crippen molar-refractivity contribution in [1.29, 1.82) is 0 Å². The first kappa shape index (κ1) is 18.1. The van der Waals surface area contributed by atoms with Crippen molar-refractivity contribution in [3.05, 3.63) is 35.4 Å². The number of hydrogen-bond donors (Lipinski definition) is 2. The molecule has 24 heavy (non-hydrogen) atoms. The largest absolute Gasteiger partial charge is 0.444 e. The van der Waals surface area contributed by atoms with Crippen molar-refractivity contribution in [3.8, 4) is 0 Å². The molecular formula is C18H28N4O2. The molecule has 0 atom stereocenters. The molecule has 2 N–H and O–H groups in total. The highest BCUT2D eigenvalue weighted by atomic mass is 16.6. The number of guanidine groups is 1. The number of benzene rings is 1. The van der Waals surface area contributed by atoms with E-state index in [4.69, 9.17) is 4.74 Å². The Labute approximate surface area is 144 Å². The predicted octanol–water partition coefficient (Wildman–Crippen LogP) is 2.28. The number of nitrogens with one attached hydrogen (secondary N) is 2. The van der Waals surface area contributed by atoms with Crippen LogP contribution in [-0.4, -0.2) is 48.7 Å². The fourth-order valence-electron chi connectivity index (χ4n) is 2.44. The summed E-state index contributed by atoms with van der Waals surface area (Å²) in [5.41, 5.74) is 1.99. The van der Waals surface area contributed by atoms with Crippen molar-refractivity contribution in [3.63, 3.8) is 0 Å². The van der Waals surface area contributed by atoms with E-state index >= 15 is 0 Å². The van der Waals surface area contributed by atoms with E-state index in [0.29, 0.717) is 19.6 Å². The quantitative estimate of drug-likeness (QED) is 0.658. The van der Waals surface area contributed by atoms with E-state index < -0.39 is 5.60 Å². The molecule has 1 amide bonds. The molecule has 0 saturated carbocycles. The van der Waals surface area contributed by atoms with Crippen LogP contribution in [0.1, 0.15) is 31.9 Å². The highest BCUT2D eigenvalue weighted by Crippen LogP contribution is 2.15. The van der Waals surface area contributed by atoms with Gasteiger partial charge in [0.25, 0.3) is 0 Å². The summed E-state index contributed by atoms with van der Waals surface area (Å²) in [6, 6.07) is 8.55. The molecular weight excluding hydrogens is 304 g/mol. The number of nitrogens with zero attached hydrogens (tertiary/aromatic N) is 2. The number of aliphatic imine (C=N–C) groups is 1. The van der Waals surface area contributed by atoms with E-state index in [2.05, 4.69) is 40.7 Å². The molecule has 132 valence electrons. The number of likely N-dealkylation sites (tertiary alicyclic amines) is 1. The minimum atomic E-state index is -0.457. The lowest BCUT2D eigenvalue weighted by Gasteiger charge is -2.40. The van der Waals surface area contributed by atoms with Crippen molar-refractivity contribution >= 4 is 12.1 Å². The van der Waals surface area contributed by atoms with Gasteiger partial charge < -0.3 is 20.3 Å². The Bertz CT molecular complexity index is 601. The molecule has 0 bridgehead atoms. The molecule has 2 rings (SSSR count). The summed E-state index contributed by atoms with van der Waals surface area (Å²) in [6.07, 6.45) is -0.261. The van der Waals surface area contributed by atoms with E-state index in [1.165, 1.54) is 11.1 Å².